The van der Waals surface area contributed by atoms with Gasteiger partial charge in [-0.05, 0) is 6.07 Å². The van der Waals surface area contributed by atoms with Gasteiger partial charge in [-0.2, -0.15) is 0 Å². The first-order valence-electron chi connectivity index (χ1n) is 4.28. The normalized spacial score (nSPS) is 10.3. The van der Waals surface area contributed by atoms with Gasteiger partial charge in [-0.3, -0.25) is 4.79 Å². The number of carboxylic acids is 1. The van der Waals surface area contributed by atoms with Crippen LogP contribution in [0.5, 0.6) is 0 Å². The van der Waals surface area contributed by atoms with Crippen LogP contribution in [-0.2, 0) is 0 Å². The van der Waals surface area contributed by atoms with Gasteiger partial charge in [0.1, 0.15) is 0 Å². The number of aromatic carboxylic acids is 1. The van der Waals surface area contributed by atoms with Gasteiger partial charge in [-0.1, -0.05) is 25.6 Å². The second-order valence-electron chi connectivity index (χ2n) is 3.02. The van der Waals surface area contributed by atoms with Gasteiger partial charge in [0.05, 0.1) is 0 Å². The van der Waals surface area contributed by atoms with E-state index >= 15 is 0 Å². The number of aromatic nitrogens is 2. The van der Waals surface area contributed by atoms with E-state index in [-0.39, 0.29) is 21.9 Å². The molecular formula is C9H10N2O3S. The van der Waals surface area contributed by atoms with E-state index < -0.39 is 5.97 Å². The van der Waals surface area contributed by atoms with E-state index in [1.807, 2.05) is 13.8 Å². The molecule has 1 heterocycles. The molecule has 0 aliphatic carbocycles. The molecule has 0 fully saturated rings. The lowest BCUT2D eigenvalue weighted by molar-refractivity contribution is 0.0690. The quantitative estimate of drug-likeness (QED) is 0.840. The lowest BCUT2D eigenvalue weighted by Gasteiger charge is -2.02. The molecule has 6 heteroatoms. The standard InChI is InChI=1S/C9H10N2O3S/c1-5(2)15-9(14)7-10-4-3-6(11-7)8(12)13/h3-5H,1-2H3,(H,12,13). The van der Waals surface area contributed by atoms with Crippen LogP contribution in [0.2, 0.25) is 0 Å². The number of hydrogen-bond donors (Lipinski definition) is 1. The molecule has 15 heavy (non-hydrogen) atoms. The van der Waals surface area contributed by atoms with Gasteiger partial charge in [0.15, 0.2) is 5.69 Å². The Bertz CT molecular complexity index is 393. The maximum atomic E-state index is 11.5. The fourth-order valence-corrected chi connectivity index (χ4v) is 1.47. The third-order valence-corrected chi connectivity index (χ3v) is 2.27. The first-order chi connectivity index (χ1) is 7.00. The van der Waals surface area contributed by atoms with Crippen LogP contribution in [0.15, 0.2) is 12.3 Å². The van der Waals surface area contributed by atoms with Gasteiger partial charge >= 0.3 is 5.97 Å². The van der Waals surface area contributed by atoms with Crippen LogP contribution < -0.4 is 0 Å². The van der Waals surface area contributed by atoms with E-state index in [0.717, 1.165) is 11.8 Å². The highest BCUT2D eigenvalue weighted by Gasteiger charge is 2.14. The Morgan fingerprint density at radius 1 is 1.47 bits per heavy atom. The van der Waals surface area contributed by atoms with E-state index in [1.165, 1.54) is 12.3 Å². The second-order valence-corrected chi connectivity index (χ2v) is 4.57. The summed E-state index contributed by atoms with van der Waals surface area (Å²) in [6.07, 6.45) is 1.27. The van der Waals surface area contributed by atoms with Crippen LogP contribution in [0.4, 0.5) is 0 Å². The first kappa shape index (κ1) is 11.6. The van der Waals surface area contributed by atoms with Gasteiger partial charge in [0.2, 0.25) is 5.82 Å². The zero-order valence-electron chi connectivity index (χ0n) is 8.30. The molecule has 0 saturated heterocycles. The van der Waals surface area contributed by atoms with Crippen molar-refractivity contribution in [2.45, 2.75) is 19.1 Å². The predicted molar refractivity (Wildman–Crippen MR) is 56.0 cm³/mol. The zero-order chi connectivity index (χ0) is 11.4. The third-order valence-electron chi connectivity index (χ3n) is 1.40. The minimum Gasteiger partial charge on any atom is -0.477 e. The summed E-state index contributed by atoms with van der Waals surface area (Å²) in [6, 6.07) is 1.25. The van der Waals surface area contributed by atoms with Crippen molar-refractivity contribution >= 4 is 22.8 Å². The lowest BCUT2D eigenvalue weighted by atomic mass is 10.4. The van der Waals surface area contributed by atoms with Gasteiger partial charge in [-0.25, -0.2) is 14.8 Å². The third kappa shape index (κ3) is 3.32. The van der Waals surface area contributed by atoms with Gasteiger partial charge in [0, 0.05) is 11.4 Å². The van der Waals surface area contributed by atoms with Crippen LogP contribution in [0.3, 0.4) is 0 Å². The SMILES string of the molecule is CC(C)SC(=O)c1nccc(C(=O)O)n1. The first-order valence-corrected chi connectivity index (χ1v) is 5.16. The maximum absolute atomic E-state index is 11.5. The van der Waals surface area contributed by atoms with Crippen molar-refractivity contribution in [1.82, 2.24) is 9.97 Å². The van der Waals surface area contributed by atoms with Crippen LogP contribution in [-0.4, -0.2) is 31.4 Å². The van der Waals surface area contributed by atoms with E-state index in [0.29, 0.717) is 0 Å². The number of hydrogen-bond acceptors (Lipinski definition) is 5. The van der Waals surface area contributed by atoms with Crippen LogP contribution in [0.25, 0.3) is 0 Å². The molecule has 1 aromatic rings. The monoisotopic (exact) mass is 226 g/mol. The Balaban J connectivity index is 2.90. The van der Waals surface area contributed by atoms with E-state index in [4.69, 9.17) is 5.11 Å². The molecule has 1 rings (SSSR count). The smallest absolute Gasteiger partial charge is 0.354 e. The molecular weight excluding hydrogens is 216 g/mol. The minimum atomic E-state index is -1.17. The van der Waals surface area contributed by atoms with Crippen LogP contribution in [0, 0.1) is 0 Å². The lowest BCUT2D eigenvalue weighted by Crippen LogP contribution is -2.09. The zero-order valence-corrected chi connectivity index (χ0v) is 9.11. The highest BCUT2D eigenvalue weighted by molar-refractivity contribution is 8.14. The number of carbonyl (C=O) groups is 2. The average molecular weight is 226 g/mol. The summed E-state index contributed by atoms with van der Waals surface area (Å²) in [5.74, 6) is -1.23. The molecule has 0 atom stereocenters. The molecule has 0 bridgehead atoms. The molecule has 0 aromatic carbocycles. The average Bonchev–Trinajstić information content (AvgIpc) is 2.17. The molecule has 0 saturated carbocycles. The number of rotatable bonds is 3. The Hall–Kier alpha value is -1.43. The van der Waals surface area contributed by atoms with Crippen molar-refractivity contribution in [2.75, 3.05) is 0 Å². The van der Waals surface area contributed by atoms with Gasteiger partial charge in [0.25, 0.3) is 5.12 Å². The number of carbonyl (C=O) groups excluding carboxylic acids is 1. The van der Waals surface area contributed by atoms with Crippen molar-refractivity contribution < 1.29 is 14.7 Å². The summed E-state index contributed by atoms with van der Waals surface area (Å²) in [5, 5.41) is 8.47. The Kier molecular flexibility index (Phi) is 3.79. The van der Waals surface area contributed by atoms with Gasteiger partial charge < -0.3 is 5.11 Å². The molecule has 1 aromatic heterocycles. The predicted octanol–water partition coefficient (Wildman–Crippen LogP) is 1.46. The van der Waals surface area contributed by atoms with Crippen molar-refractivity contribution in [2.24, 2.45) is 0 Å². The Labute approximate surface area is 90.9 Å². The van der Waals surface area contributed by atoms with Crippen molar-refractivity contribution in [1.29, 1.82) is 0 Å². The molecule has 0 unspecified atom stereocenters. The Morgan fingerprint density at radius 2 is 2.13 bits per heavy atom. The molecule has 5 nitrogen and oxygen atoms in total. The summed E-state index contributed by atoms with van der Waals surface area (Å²) in [6.45, 7) is 3.73. The highest BCUT2D eigenvalue weighted by Crippen LogP contribution is 2.14. The molecule has 0 amide bonds. The molecule has 1 N–H and O–H groups in total. The molecule has 0 spiro atoms. The van der Waals surface area contributed by atoms with E-state index in [2.05, 4.69) is 9.97 Å². The largest absolute Gasteiger partial charge is 0.477 e. The van der Waals surface area contributed by atoms with Crippen molar-refractivity contribution in [3.63, 3.8) is 0 Å². The van der Waals surface area contributed by atoms with Crippen molar-refractivity contribution in [3.8, 4) is 0 Å². The second kappa shape index (κ2) is 4.88. The van der Waals surface area contributed by atoms with Crippen LogP contribution in [0.1, 0.15) is 35.0 Å². The topological polar surface area (TPSA) is 80.2 Å². The summed E-state index contributed by atoms with van der Waals surface area (Å²) < 4.78 is 0. The molecule has 0 aliphatic rings. The number of carboxylic acid groups (broad SMARTS) is 1. The molecule has 0 aliphatic heterocycles. The van der Waals surface area contributed by atoms with E-state index in [9.17, 15) is 9.59 Å². The molecule has 0 radical (unpaired) electrons. The maximum Gasteiger partial charge on any atom is 0.354 e. The van der Waals surface area contributed by atoms with Crippen LogP contribution >= 0.6 is 11.8 Å². The fourth-order valence-electron chi connectivity index (χ4n) is 0.843. The summed E-state index contributed by atoms with van der Waals surface area (Å²) in [4.78, 5) is 29.4. The summed E-state index contributed by atoms with van der Waals surface area (Å²) in [5.41, 5.74) is -0.169. The fraction of sp³-hybridized carbons (Fsp3) is 0.333. The van der Waals surface area contributed by atoms with E-state index in [1.54, 1.807) is 0 Å². The van der Waals surface area contributed by atoms with Crippen molar-refractivity contribution in [3.05, 3.63) is 23.8 Å². The summed E-state index contributed by atoms with van der Waals surface area (Å²) >= 11 is 1.07. The minimum absolute atomic E-state index is 0.0615. The molecule has 80 valence electrons. The Morgan fingerprint density at radius 3 is 2.67 bits per heavy atom. The summed E-state index contributed by atoms with van der Waals surface area (Å²) in [7, 11) is 0. The highest BCUT2D eigenvalue weighted by atomic mass is 32.2. The number of nitrogens with zero attached hydrogens (tertiary/aromatic N) is 2. The van der Waals surface area contributed by atoms with Gasteiger partial charge in [-0.15, -0.1) is 0 Å². The number of thioether (sulfide) groups is 1.